The van der Waals surface area contributed by atoms with Gasteiger partial charge in [-0.25, -0.2) is 21.2 Å². The molecule has 2 heterocycles. The number of benzene rings is 2. The summed E-state index contributed by atoms with van der Waals surface area (Å²) in [6, 6.07) is 11.2. The van der Waals surface area contributed by atoms with Gasteiger partial charge in [-0.15, -0.1) is 0 Å². The second-order valence-corrected chi connectivity index (χ2v) is 12.7. The zero-order chi connectivity index (χ0) is 24.2. The summed E-state index contributed by atoms with van der Waals surface area (Å²) in [5, 5.41) is 0. The molecular weight excluding hydrogens is 479 g/mol. The van der Waals surface area contributed by atoms with Crippen LogP contribution >= 0.6 is 0 Å². The number of hydrogen-bond donors (Lipinski definition) is 0. The Balaban J connectivity index is 1.58. The molecule has 1 unspecified atom stereocenters. The van der Waals surface area contributed by atoms with Crippen LogP contribution in [0.2, 0.25) is 0 Å². The Hall–Kier alpha value is -1.85. The van der Waals surface area contributed by atoms with Crippen molar-refractivity contribution in [2.24, 2.45) is 0 Å². The lowest BCUT2D eigenvalue weighted by Crippen LogP contribution is -2.37. The Morgan fingerprint density at radius 2 is 1.47 bits per heavy atom. The van der Waals surface area contributed by atoms with Crippen LogP contribution in [-0.4, -0.2) is 57.8 Å². The van der Waals surface area contributed by atoms with Crippen molar-refractivity contribution in [3.8, 4) is 0 Å². The van der Waals surface area contributed by atoms with Crippen LogP contribution < -0.4 is 0 Å². The first-order valence-corrected chi connectivity index (χ1v) is 14.6. The van der Waals surface area contributed by atoms with Gasteiger partial charge in [0.1, 0.15) is 5.82 Å². The third-order valence-corrected chi connectivity index (χ3v) is 10.1. The maximum Gasteiger partial charge on any atom is 0.243 e. The lowest BCUT2D eigenvalue weighted by atomic mass is 10.2. The quantitative estimate of drug-likeness (QED) is 0.540. The fourth-order valence-electron chi connectivity index (χ4n) is 4.42. The first-order valence-electron chi connectivity index (χ1n) is 11.7. The Labute approximate surface area is 201 Å². The van der Waals surface area contributed by atoms with Crippen LogP contribution in [0.1, 0.15) is 44.1 Å². The summed E-state index contributed by atoms with van der Waals surface area (Å²) < 4.78 is 75.0. The van der Waals surface area contributed by atoms with E-state index in [1.165, 1.54) is 45.0 Å². The summed E-state index contributed by atoms with van der Waals surface area (Å²) in [4.78, 5) is 0.111. The average molecular weight is 511 g/mol. The van der Waals surface area contributed by atoms with Crippen molar-refractivity contribution < 1.29 is 26.0 Å². The molecule has 2 fully saturated rings. The maximum absolute atomic E-state index is 13.5. The van der Waals surface area contributed by atoms with Crippen molar-refractivity contribution in [1.29, 1.82) is 0 Å². The van der Waals surface area contributed by atoms with Gasteiger partial charge in [0.15, 0.2) is 0 Å². The average Bonchev–Trinajstić information content (AvgIpc) is 3.18. The SMILES string of the molecule is O=S(=O)(c1ccc(S(=O)(=O)N(Cc2ccc(F)cc2)CC2CCCO2)cc1)N1CCCCCC1. The zero-order valence-corrected chi connectivity index (χ0v) is 20.7. The Morgan fingerprint density at radius 1 is 0.853 bits per heavy atom. The van der Waals surface area contributed by atoms with E-state index in [9.17, 15) is 21.2 Å². The van der Waals surface area contributed by atoms with E-state index in [1.54, 1.807) is 12.1 Å². The molecule has 2 aromatic carbocycles. The van der Waals surface area contributed by atoms with E-state index in [0.717, 1.165) is 38.5 Å². The van der Waals surface area contributed by atoms with E-state index >= 15 is 0 Å². The number of rotatable bonds is 8. The highest BCUT2D eigenvalue weighted by atomic mass is 32.2. The van der Waals surface area contributed by atoms with E-state index in [4.69, 9.17) is 4.74 Å². The lowest BCUT2D eigenvalue weighted by molar-refractivity contribution is 0.0926. The summed E-state index contributed by atoms with van der Waals surface area (Å²) >= 11 is 0. The van der Waals surface area contributed by atoms with E-state index < -0.39 is 25.9 Å². The molecular formula is C24H31FN2O5S2. The molecule has 2 aliphatic heterocycles. The van der Waals surface area contributed by atoms with Crippen LogP contribution in [0.15, 0.2) is 58.3 Å². The van der Waals surface area contributed by atoms with Gasteiger partial charge >= 0.3 is 0 Å². The van der Waals surface area contributed by atoms with E-state index in [-0.39, 0.29) is 29.0 Å². The van der Waals surface area contributed by atoms with Crippen LogP contribution in [0.5, 0.6) is 0 Å². The van der Waals surface area contributed by atoms with Gasteiger partial charge in [-0.1, -0.05) is 25.0 Å². The van der Waals surface area contributed by atoms with Crippen LogP contribution in [0.3, 0.4) is 0 Å². The van der Waals surface area contributed by atoms with Crippen molar-refractivity contribution in [3.05, 3.63) is 59.9 Å². The summed E-state index contributed by atoms with van der Waals surface area (Å²) in [6.07, 6.45) is 5.11. The number of ether oxygens (including phenoxy) is 1. The first kappa shape index (κ1) is 25.2. The second-order valence-electron chi connectivity index (χ2n) is 8.85. The summed E-state index contributed by atoms with van der Waals surface area (Å²) in [5.74, 6) is -0.390. The van der Waals surface area contributed by atoms with Gasteiger partial charge < -0.3 is 4.74 Å². The van der Waals surface area contributed by atoms with E-state index in [0.29, 0.717) is 25.3 Å². The first-order chi connectivity index (χ1) is 16.3. The normalized spacial score (nSPS) is 20.5. The summed E-state index contributed by atoms with van der Waals surface area (Å²) in [7, 11) is -7.61. The molecule has 10 heteroatoms. The molecule has 0 radical (unpaired) electrons. The fraction of sp³-hybridized carbons (Fsp3) is 0.500. The minimum atomic E-state index is -3.94. The van der Waals surface area contributed by atoms with Crippen LogP contribution in [0.25, 0.3) is 0 Å². The summed E-state index contributed by atoms with van der Waals surface area (Å²) in [5.41, 5.74) is 0.656. The number of halogens is 1. The largest absolute Gasteiger partial charge is 0.377 e. The Kier molecular flexibility index (Phi) is 8.04. The molecule has 2 saturated heterocycles. The molecule has 4 rings (SSSR count). The molecule has 2 aliphatic rings. The van der Waals surface area contributed by atoms with Gasteiger partial charge in [0, 0.05) is 32.8 Å². The molecule has 186 valence electrons. The minimum Gasteiger partial charge on any atom is -0.377 e. The molecule has 0 amide bonds. The van der Waals surface area contributed by atoms with Gasteiger partial charge in [0.25, 0.3) is 0 Å². The van der Waals surface area contributed by atoms with E-state index in [1.807, 2.05) is 0 Å². The Morgan fingerprint density at radius 3 is 2.06 bits per heavy atom. The smallest absolute Gasteiger partial charge is 0.243 e. The van der Waals surface area contributed by atoms with E-state index in [2.05, 4.69) is 0 Å². The second kappa shape index (κ2) is 10.8. The standard InChI is InChI=1S/C24H31FN2O5S2/c25-21-9-7-20(8-10-21)18-27(19-22-6-5-17-32-22)34(30,31)24-13-11-23(12-14-24)33(28,29)26-15-3-1-2-4-16-26/h7-14,22H,1-6,15-19H2. The van der Waals surface area contributed by atoms with Gasteiger partial charge in [-0.05, 0) is 67.6 Å². The van der Waals surface area contributed by atoms with Gasteiger partial charge in [0.2, 0.25) is 20.0 Å². The van der Waals surface area contributed by atoms with Crippen molar-refractivity contribution >= 4 is 20.0 Å². The zero-order valence-electron chi connectivity index (χ0n) is 19.1. The minimum absolute atomic E-state index is 0.0161. The summed E-state index contributed by atoms with van der Waals surface area (Å²) in [6.45, 7) is 1.80. The van der Waals surface area contributed by atoms with Gasteiger partial charge in [-0.2, -0.15) is 8.61 Å². The maximum atomic E-state index is 13.5. The monoisotopic (exact) mass is 510 g/mol. The van der Waals surface area contributed by atoms with Crippen LogP contribution in [0.4, 0.5) is 4.39 Å². The predicted molar refractivity (Wildman–Crippen MR) is 127 cm³/mol. The molecule has 1 atom stereocenters. The fourth-order valence-corrected chi connectivity index (χ4v) is 7.40. The van der Waals surface area contributed by atoms with Crippen LogP contribution in [0, 0.1) is 5.82 Å². The van der Waals surface area contributed by atoms with Crippen molar-refractivity contribution in [2.75, 3.05) is 26.2 Å². The van der Waals surface area contributed by atoms with Crippen molar-refractivity contribution in [2.45, 2.75) is 61.0 Å². The topological polar surface area (TPSA) is 84.0 Å². The molecule has 7 nitrogen and oxygen atoms in total. The van der Waals surface area contributed by atoms with Gasteiger partial charge in [-0.3, -0.25) is 0 Å². The third kappa shape index (κ3) is 5.85. The lowest BCUT2D eigenvalue weighted by Gasteiger charge is -2.25. The van der Waals surface area contributed by atoms with Crippen molar-refractivity contribution in [3.63, 3.8) is 0 Å². The molecule has 0 N–H and O–H groups in total. The Bertz CT molecular complexity index is 1150. The molecule has 2 aromatic rings. The molecule has 0 bridgehead atoms. The third-order valence-electron chi connectivity index (χ3n) is 6.37. The molecule has 0 spiro atoms. The highest BCUT2D eigenvalue weighted by Crippen LogP contribution is 2.25. The van der Waals surface area contributed by atoms with Crippen LogP contribution in [-0.2, 0) is 31.3 Å². The number of nitrogens with zero attached hydrogens (tertiary/aromatic N) is 2. The highest BCUT2D eigenvalue weighted by molar-refractivity contribution is 7.89. The van der Waals surface area contributed by atoms with Gasteiger partial charge in [0.05, 0.1) is 15.9 Å². The number of hydrogen-bond acceptors (Lipinski definition) is 5. The molecule has 0 aliphatic carbocycles. The predicted octanol–water partition coefficient (Wildman–Crippen LogP) is 3.76. The molecule has 0 saturated carbocycles. The molecule has 0 aromatic heterocycles. The highest BCUT2D eigenvalue weighted by Gasteiger charge is 2.31. The van der Waals surface area contributed by atoms with Crippen molar-refractivity contribution in [1.82, 2.24) is 8.61 Å². The number of sulfonamides is 2. The molecule has 34 heavy (non-hydrogen) atoms.